The number of benzene rings is 2. The van der Waals surface area contributed by atoms with E-state index in [1.165, 1.54) is 0 Å². The second-order valence-electron chi connectivity index (χ2n) is 10.8. The Kier molecular flexibility index (Phi) is 12.8. The number of hydrogen-bond donors (Lipinski definition) is 0. The van der Waals surface area contributed by atoms with Crippen LogP contribution in [0.2, 0.25) is 0 Å². The van der Waals surface area contributed by atoms with Crippen LogP contribution in [0, 0.1) is 0 Å². The molecular weight excluding hydrogens is 524 g/mol. The number of nitrogens with zero attached hydrogens (tertiary/aromatic N) is 2. The number of ether oxygens (including phenoxy) is 7. The average Bonchev–Trinajstić information content (AvgIpc) is 2.98. The Morgan fingerprint density at radius 1 is 0.805 bits per heavy atom. The lowest BCUT2D eigenvalue weighted by atomic mass is 10.0. The van der Waals surface area contributed by atoms with E-state index in [9.17, 15) is 0 Å². The van der Waals surface area contributed by atoms with Crippen LogP contribution in [0.25, 0.3) is 0 Å². The van der Waals surface area contributed by atoms with Gasteiger partial charge in [0.05, 0.1) is 76.8 Å². The molecule has 2 heterocycles. The molecule has 2 aromatic rings. The topological polar surface area (TPSA) is 71.1 Å². The molecule has 0 N–H and O–H groups in total. The van der Waals surface area contributed by atoms with E-state index in [1.54, 1.807) is 0 Å². The SMILES string of the molecule is CC(C)OCCOCCOc1cc(C2COc3ccccc3N2CCOCCOC(C)C)cc(N2CCOCC2)c1. The molecular formula is C32H48N2O7. The third kappa shape index (κ3) is 10.0. The first-order valence-corrected chi connectivity index (χ1v) is 15.0. The molecule has 1 saturated heterocycles. The Bertz CT molecular complexity index is 1030. The Morgan fingerprint density at radius 3 is 2.22 bits per heavy atom. The standard InChI is InChI=1S/C32H48N2O7/c1-25(2)38-18-15-36-14-11-34-30-7-5-6-8-32(30)41-24-31(34)27-21-28(33-9-12-35-13-10-33)23-29(22-27)40-20-17-37-16-19-39-26(3)4/h5-8,21-23,25-26,31H,9-20,24H2,1-4H3. The zero-order chi connectivity index (χ0) is 28.9. The van der Waals surface area contributed by atoms with Crippen LogP contribution in [0.5, 0.6) is 11.5 Å². The fraction of sp³-hybridized carbons (Fsp3) is 0.625. The molecule has 1 atom stereocenters. The van der Waals surface area contributed by atoms with Gasteiger partial charge < -0.3 is 43.0 Å². The molecule has 2 aliphatic rings. The average molecular weight is 573 g/mol. The first-order chi connectivity index (χ1) is 20.0. The fourth-order valence-corrected chi connectivity index (χ4v) is 4.95. The summed E-state index contributed by atoms with van der Waals surface area (Å²) in [6.07, 6.45) is 0.409. The van der Waals surface area contributed by atoms with Crippen molar-refractivity contribution in [2.24, 2.45) is 0 Å². The maximum Gasteiger partial charge on any atom is 0.142 e. The van der Waals surface area contributed by atoms with Gasteiger partial charge in [-0.15, -0.1) is 0 Å². The normalized spacial score (nSPS) is 17.2. The van der Waals surface area contributed by atoms with E-state index in [1.807, 2.05) is 39.8 Å². The van der Waals surface area contributed by atoms with Crippen LogP contribution in [0.15, 0.2) is 42.5 Å². The van der Waals surface area contributed by atoms with Gasteiger partial charge >= 0.3 is 0 Å². The van der Waals surface area contributed by atoms with Gasteiger partial charge in [0.2, 0.25) is 0 Å². The number of fused-ring (bicyclic) bond motifs is 1. The van der Waals surface area contributed by atoms with Crippen LogP contribution in [-0.2, 0) is 23.7 Å². The van der Waals surface area contributed by atoms with Crippen LogP contribution in [0.4, 0.5) is 11.4 Å². The molecule has 0 aromatic heterocycles. The smallest absolute Gasteiger partial charge is 0.142 e. The van der Waals surface area contributed by atoms with Gasteiger partial charge in [0, 0.05) is 31.4 Å². The van der Waals surface area contributed by atoms with E-state index >= 15 is 0 Å². The van der Waals surface area contributed by atoms with Crippen LogP contribution in [0.3, 0.4) is 0 Å². The second-order valence-corrected chi connectivity index (χ2v) is 10.8. The Morgan fingerprint density at radius 2 is 1.49 bits per heavy atom. The Labute approximate surface area is 245 Å². The summed E-state index contributed by atoms with van der Waals surface area (Å²) in [6, 6.07) is 14.7. The molecule has 4 rings (SSSR count). The molecule has 9 nitrogen and oxygen atoms in total. The van der Waals surface area contributed by atoms with Crippen molar-refractivity contribution in [1.29, 1.82) is 0 Å². The molecule has 0 amide bonds. The molecule has 0 spiro atoms. The second kappa shape index (κ2) is 16.8. The molecule has 2 aromatic carbocycles. The maximum atomic E-state index is 6.26. The summed E-state index contributed by atoms with van der Waals surface area (Å²) in [7, 11) is 0. The van der Waals surface area contributed by atoms with Gasteiger partial charge in [-0.05, 0) is 57.5 Å². The Balaban J connectivity index is 1.47. The fourth-order valence-electron chi connectivity index (χ4n) is 4.95. The van der Waals surface area contributed by atoms with Crippen LogP contribution in [-0.4, -0.2) is 97.9 Å². The van der Waals surface area contributed by atoms with Gasteiger partial charge in [-0.2, -0.15) is 0 Å². The summed E-state index contributed by atoms with van der Waals surface area (Å²) in [5.74, 6) is 1.72. The molecule has 41 heavy (non-hydrogen) atoms. The summed E-state index contributed by atoms with van der Waals surface area (Å²) >= 11 is 0. The van der Waals surface area contributed by atoms with E-state index in [2.05, 4.69) is 40.1 Å². The number of rotatable bonds is 17. The van der Waals surface area contributed by atoms with E-state index in [-0.39, 0.29) is 18.2 Å². The van der Waals surface area contributed by atoms with Crippen LogP contribution < -0.4 is 19.3 Å². The van der Waals surface area contributed by atoms with E-state index in [0.717, 1.165) is 61.3 Å². The molecule has 9 heteroatoms. The lowest BCUT2D eigenvalue weighted by molar-refractivity contribution is 0.0124. The minimum Gasteiger partial charge on any atom is -0.491 e. The molecule has 2 aliphatic heterocycles. The van der Waals surface area contributed by atoms with E-state index in [4.69, 9.17) is 33.2 Å². The van der Waals surface area contributed by atoms with E-state index in [0.29, 0.717) is 52.9 Å². The molecule has 1 fully saturated rings. The van der Waals surface area contributed by atoms with Crippen molar-refractivity contribution in [1.82, 2.24) is 0 Å². The highest BCUT2D eigenvalue weighted by Gasteiger charge is 2.30. The van der Waals surface area contributed by atoms with Gasteiger partial charge in [0.1, 0.15) is 24.7 Å². The molecule has 0 bridgehead atoms. The van der Waals surface area contributed by atoms with Crippen molar-refractivity contribution >= 4 is 11.4 Å². The van der Waals surface area contributed by atoms with Gasteiger partial charge in [-0.25, -0.2) is 0 Å². The third-order valence-corrected chi connectivity index (χ3v) is 6.95. The van der Waals surface area contributed by atoms with Crippen molar-refractivity contribution in [3.8, 4) is 11.5 Å². The van der Waals surface area contributed by atoms with Crippen molar-refractivity contribution in [2.75, 3.05) is 95.5 Å². The van der Waals surface area contributed by atoms with Gasteiger partial charge in [0.25, 0.3) is 0 Å². The zero-order valence-corrected chi connectivity index (χ0v) is 25.2. The van der Waals surface area contributed by atoms with Crippen molar-refractivity contribution in [3.05, 3.63) is 48.0 Å². The maximum absolute atomic E-state index is 6.26. The first-order valence-electron chi connectivity index (χ1n) is 15.0. The lowest BCUT2D eigenvalue weighted by Gasteiger charge is -2.39. The number of para-hydroxylation sites is 2. The monoisotopic (exact) mass is 572 g/mol. The van der Waals surface area contributed by atoms with Crippen LogP contribution >= 0.6 is 0 Å². The minimum absolute atomic E-state index is 0.00758. The van der Waals surface area contributed by atoms with Crippen LogP contribution in [0.1, 0.15) is 39.3 Å². The van der Waals surface area contributed by atoms with Gasteiger partial charge in [-0.1, -0.05) is 12.1 Å². The van der Waals surface area contributed by atoms with Crippen molar-refractivity contribution in [3.63, 3.8) is 0 Å². The predicted octanol–water partition coefficient (Wildman–Crippen LogP) is 4.73. The minimum atomic E-state index is 0.00758. The molecule has 0 saturated carbocycles. The third-order valence-electron chi connectivity index (χ3n) is 6.95. The summed E-state index contributed by atoms with van der Waals surface area (Å²) in [5, 5.41) is 0. The van der Waals surface area contributed by atoms with Gasteiger partial charge in [0.15, 0.2) is 0 Å². The number of morpholine rings is 1. The summed E-state index contributed by atoms with van der Waals surface area (Å²) in [5.41, 5.74) is 3.35. The highest BCUT2D eigenvalue weighted by atomic mass is 16.5. The van der Waals surface area contributed by atoms with E-state index < -0.39 is 0 Å². The predicted molar refractivity (Wildman–Crippen MR) is 161 cm³/mol. The lowest BCUT2D eigenvalue weighted by Crippen LogP contribution is -2.39. The molecule has 0 aliphatic carbocycles. The number of anilines is 2. The molecule has 0 radical (unpaired) electrons. The molecule has 1 unspecified atom stereocenters. The first kappa shape index (κ1) is 31.4. The van der Waals surface area contributed by atoms with Gasteiger partial charge in [-0.3, -0.25) is 0 Å². The largest absolute Gasteiger partial charge is 0.491 e. The summed E-state index contributed by atoms with van der Waals surface area (Å²) in [4.78, 5) is 4.75. The quantitative estimate of drug-likeness (QED) is 0.250. The molecule has 228 valence electrons. The van der Waals surface area contributed by atoms with Crippen molar-refractivity contribution < 1.29 is 33.2 Å². The Hall–Kier alpha value is -2.56. The highest BCUT2D eigenvalue weighted by Crippen LogP contribution is 2.40. The number of hydrogen-bond acceptors (Lipinski definition) is 9. The highest BCUT2D eigenvalue weighted by molar-refractivity contribution is 5.63. The summed E-state index contributed by atoms with van der Waals surface area (Å²) < 4.78 is 41.0. The zero-order valence-electron chi connectivity index (χ0n) is 25.2. The summed E-state index contributed by atoms with van der Waals surface area (Å²) in [6.45, 7) is 16.4. The van der Waals surface area contributed by atoms with Crippen molar-refractivity contribution in [2.45, 2.75) is 45.9 Å².